The van der Waals surface area contributed by atoms with E-state index < -0.39 is 10.0 Å². The lowest BCUT2D eigenvalue weighted by Crippen LogP contribution is -2.38. The molecular formula is C13H28N2O2S. The van der Waals surface area contributed by atoms with E-state index in [1.165, 1.54) is 19.3 Å². The Bertz CT molecular complexity index is 327. The third kappa shape index (κ3) is 7.34. The number of hydrogen-bond donors (Lipinski definition) is 2. The number of piperidine rings is 1. The first-order valence-electron chi connectivity index (χ1n) is 6.99. The van der Waals surface area contributed by atoms with Crippen LogP contribution >= 0.6 is 0 Å². The van der Waals surface area contributed by atoms with Crippen LogP contribution < -0.4 is 10.0 Å². The quantitative estimate of drug-likeness (QED) is 0.778. The van der Waals surface area contributed by atoms with Crippen molar-refractivity contribution in [2.45, 2.75) is 58.9 Å². The third-order valence-corrected chi connectivity index (χ3v) is 4.73. The molecule has 18 heavy (non-hydrogen) atoms. The van der Waals surface area contributed by atoms with Gasteiger partial charge in [-0.15, -0.1) is 0 Å². The second-order valence-corrected chi connectivity index (χ2v) is 8.39. The van der Waals surface area contributed by atoms with Crippen LogP contribution in [0, 0.1) is 5.41 Å². The predicted octanol–water partition coefficient (Wildman–Crippen LogP) is 1.87. The summed E-state index contributed by atoms with van der Waals surface area (Å²) in [5.41, 5.74) is 0.0691. The first-order valence-corrected chi connectivity index (χ1v) is 8.64. The fourth-order valence-corrected chi connectivity index (χ4v) is 3.53. The summed E-state index contributed by atoms with van der Waals surface area (Å²) >= 11 is 0. The van der Waals surface area contributed by atoms with Crippen LogP contribution in [0.3, 0.4) is 0 Å². The molecule has 108 valence electrons. The van der Waals surface area contributed by atoms with Crippen molar-refractivity contribution in [2.75, 3.05) is 18.8 Å². The minimum Gasteiger partial charge on any atom is -0.314 e. The average molecular weight is 276 g/mol. The van der Waals surface area contributed by atoms with Crippen molar-refractivity contribution in [3.8, 4) is 0 Å². The van der Waals surface area contributed by atoms with Crippen molar-refractivity contribution >= 4 is 10.0 Å². The molecule has 0 saturated carbocycles. The smallest absolute Gasteiger partial charge is 0.211 e. The highest BCUT2D eigenvalue weighted by Gasteiger charge is 2.18. The second-order valence-electron chi connectivity index (χ2n) is 6.46. The molecule has 1 aliphatic heterocycles. The molecule has 0 radical (unpaired) electrons. The number of sulfonamides is 1. The maximum Gasteiger partial charge on any atom is 0.211 e. The highest BCUT2D eigenvalue weighted by molar-refractivity contribution is 7.89. The van der Waals surface area contributed by atoms with Gasteiger partial charge in [0.2, 0.25) is 10.0 Å². The Balaban J connectivity index is 2.20. The van der Waals surface area contributed by atoms with Gasteiger partial charge in [-0.3, -0.25) is 0 Å². The van der Waals surface area contributed by atoms with Crippen LogP contribution in [-0.2, 0) is 10.0 Å². The molecule has 0 spiro atoms. The lowest BCUT2D eigenvalue weighted by Gasteiger charge is -2.23. The molecule has 1 atom stereocenters. The van der Waals surface area contributed by atoms with Crippen molar-refractivity contribution in [3.05, 3.63) is 0 Å². The van der Waals surface area contributed by atoms with Gasteiger partial charge in [-0.2, -0.15) is 0 Å². The van der Waals surface area contributed by atoms with Gasteiger partial charge < -0.3 is 5.32 Å². The molecule has 2 N–H and O–H groups in total. The molecule has 1 unspecified atom stereocenters. The van der Waals surface area contributed by atoms with Crippen molar-refractivity contribution in [1.29, 1.82) is 0 Å². The fourth-order valence-electron chi connectivity index (χ4n) is 2.07. The summed E-state index contributed by atoms with van der Waals surface area (Å²) < 4.78 is 26.3. The summed E-state index contributed by atoms with van der Waals surface area (Å²) in [7, 11) is -3.09. The standard InChI is InChI=1S/C13H28N2O2S/c1-13(2,3)8-11-18(16,17)15-10-7-12-6-4-5-9-14-12/h12,14-15H,4-11H2,1-3H3. The van der Waals surface area contributed by atoms with Crippen molar-refractivity contribution < 1.29 is 8.42 Å². The molecule has 0 amide bonds. The molecular weight excluding hydrogens is 248 g/mol. The summed E-state index contributed by atoms with van der Waals surface area (Å²) in [5, 5.41) is 3.43. The first kappa shape index (κ1) is 15.9. The van der Waals surface area contributed by atoms with Crippen molar-refractivity contribution in [2.24, 2.45) is 5.41 Å². The normalized spacial score (nSPS) is 22.1. The molecule has 0 aliphatic carbocycles. The van der Waals surface area contributed by atoms with Crippen LogP contribution in [0.4, 0.5) is 0 Å². The molecule has 0 aromatic heterocycles. The molecule has 0 aromatic carbocycles. The van der Waals surface area contributed by atoms with E-state index in [2.05, 4.69) is 30.8 Å². The van der Waals surface area contributed by atoms with Gasteiger partial charge in [-0.25, -0.2) is 13.1 Å². The maximum absolute atomic E-state index is 11.8. The van der Waals surface area contributed by atoms with E-state index in [1.54, 1.807) is 0 Å². The average Bonchev–Trinajstić information content (AvgIpc) is 2.27. The summed E-state index contributed by atoms with van der Waals surface area (Å²) in [4.78, 5) is 0. The SMILES string of the molecule is CC(C)(C)CCS(=O)(=O)NCCC1CCCCN1. The zero-order valence-electron chi connectivity index (χ0n) is 12.0. The molecule has 0 aromatic rings. The largest absolute Gasteiger partial charge is 0.314 e. The van der Waals surface area contributed by atoms with Crippen LogP contribution in [0.5, 0.6) is 0 Å². The Morgan fingerprint density at radius 1 is 1.28 bits per heavy atom. The second kappa shape index (κ2) is 6.87. The Hall–Kier alpha value is -0.130. The van der Waals surface area contributed by atoms with Crippen LogP contribution in [-0.4, -0.2) is 33.3 Å². The van der Waals surface area contributed by atoms with E-state index in [-0.39, 0.29) is 11.2 Å². The zero-order valence-corrected chi connectivity index (χ0v) is 12.8. The number of hydrogen-bond acceptors (Lipinski definition) is 3. The van der Waals surface area contributed by atoms with Crippen LogP contribution in [0.2, 0.25) is 0 Å². The Morgan fingerprint density at radius 2 is 2.00 bits per heavy atom. The van der Waals surface area contributed by atoms with Gasteiger partial charge in [0.05, 0.1) is 5.75 Å². The van der Waals surface area contributed by atoms with E-state index in [9.17, 15) is 8.42 Å². The topological polar surface area (TPSA) is 58.2 Å². The minimum absolute atomic E-state index is 0.0691. The summed E-state index contributed by atoms with van der Waals surface area (Å²) in [6, 6.07) is 0.490. The molecule has 1 aliphatic rings. The van der Waals surface area contributed by atoms with Gasteiger partial charge in [0.25, 0.3) is 0 Å². The molecule has 0 bridgehead atoms. The Morgan fingerprint density at radius 3 is 2.56 bits per heavy atom. The highest BCUT2D eigenvalue weighted by atomic mass is 32.2. The van der Waals surface area contributed by atoms with Gasteiger partial charge in [-0.1, -0.05) is 27.2 Å². The lowest BCUT2D eigenvalue weighted by molar-refractivity contribution is 0.381. The number of nitrogens with one attached hydrogen (secondary N) is 2. The van der Waals surface area contributed by atoms with Gasteiger partial charge in [0.15, 0.2) is 0 Å². The van der Waals surface area contributed by atoms with Gasteiger partial charge >= 0.3 is 0 Å². The molecule has 5 heteroatoms. The van der Waals surface area contributed by atoms with Crippen LogP contribution in [0.25, 0.3) is 0 Å². The van der Waals surface area contributed by atoms with Crippen LogP contribution in [0.15, 0.2) is 0 Å². The van der Waals surface area contributed by atoms with E-state index in [4.69, 9.17) is 0 Å². The van der Waals surface area contributed by atoms with E-state index in [0.29, 0.717) is 19.0 Å². The third-order valence-electron chi connectivity index (χ3n) is 3.35. The number of rotatable bonds is 6. The predicted molar refractivity (Wildman–Crippen MR) is 76.1 cm³/mol. The lowest BCUT2D eigenvalue weighted by atomic mass is 9.94. The van der Waals surface area contributed by atoms with E-state index in [1.807, 2.05) is 0 Å². The zero-order chi connectivity index (χ0) is 13.6. The molecule has 1 saturated heterocycles. The van der Waals surface area contributed by atoms with E-state index >= 15 is 0 Å². The molecule has 1 heterocycles. The minimum atomic E-state index is -3.09. The van der Waals surface area contributed by atoms with Gasteiger partial charge in [-0.05, 0) is 37.6 Å². The van der Waals surface area contributed by atoms with Crippen LogP contribution in [0.1, 0.15) is 52.9 Å². The summed E-state index contributed by atoms with van der Waals surface area (Å²) in [5.74, 6) is 0.231. The summed E-state index contributed by atoms with van der Waals surface area (Å²) in [6.07, 6.45) is 5.27. The Kier molecular flexibility index (Phi) is 6.08. The van der Waals surface area contributed by atoms with Crippen molar-refractivity contribution in [1.82, 2.24) is 10.0 Å². The van der Waals surface area contributed by atoms with Gasteiger partial charge in [0.1, 0.15) is 0 Å². The highest BCUT2D eigenvalue weighted by Crippen LogP contribution is 2.18. The maximum atomic E-state index is 11.8. The fraction of sp³-hybridized carbons (Fsp3) is 1.00. The molecule has 1 rings (SSSR count). The molecule has 1 fully saturated rings. The van der Waals surface area contributed by atoms with Gasteiger partial charge in [0, 0.05) is 12.6 Å². The molecule has 4 nitrogen and oxygen atoms in total. The van der Waals surface area contributed by atoms with Crippen molar-refractivity contribution in [3.63, 3.8) is 0 Å². The summed E-state index contributed by atoms with van der Waals surface area (Å²) in [6.45, 7) is 7.82. The Labute approximate surface area is 112 Å². The monoisotopic (exact) mass is 276 g/mol. The van der Waals surface area contributed by atoms with E-state index in [0.717, 1.165) is 13.0 Å². The first-order chi connectivity index (χ1) is 8.29.